The molecule has 2 aromatic rings. The van der Waals surface area contributed by atoms with Crippen LogP contribution in [-0.2, 0) is 11.2 Å². The van der Waals surface area contributed by atoms with Crippen LogP contribution >= 0.6 is 22.9 Å². The number of thiophene rings is 1. The normalized spacial score (nSPS) is 15.0. The number of anilines is 1. The molecule has 1 saturated heterocycles. The summed E-state index contributed by atoms with van der Waals surface area (Å²) in [5.74, 6) is 1.20. The Morgan fingerprint density at radius 2 is 2.04 bits per heavy atom. The Bertz CT molecular complexity index is 622. The van der Waals surface area contributed by atoms with Crippen molar-refractivity contribution in [3.8, 4) is 0 Å². The topological polar surface area (TPSA) is 36.4 Å². The predicted octanol–water partition coefficient (Wildman–Crippen LogP) is 3.47. The summed E-state index contributed by atoms with van der Waals surface area (Å²) in [4.78, 5) is 20.8. The molecule has 2 aromatic heterocycles. The van der Waals surface area contributed by atoms with Gasteiger partial charge in [-0.3, -0.25) is 4.79 Å². The summed E-state index contributed by atoms with van der Waals surface area (Å²) in [5.41, 5.74) is 1.33. The first-order valence-electron chi connectivity index (χ1n) is 7.88. The summed E-state index contributed by atoms with van der Waals surface area (Å²) in [6.45, 7) is 3.18. The molecule has 6 heteroatoms. The molecule has 0 saturated carbocycles. The van der Waals surface area contributed by atoms with Gasteiger partial charge in [-0.1, -0.05) is 11.6 Å². The molecule has 3 heterocycles. The number of pyridine rings is 1. The highest BCUT2D eigenvalue weighted by Crippen LogP contribution is 2.17. The van der Waals surface area contributed by atoms with Gasteiger partial charge in [0.05, 0.1) is 5.02 Å². The van der Waals surface area contributed by atoms with Gasteiger partial charge in [-0.05, 0) is 47.4 Å². The van der Waals surface area contributed by atoms with Crippen molar-refractivity contribution < 1.29 is 4.79 Å². The summed E-state index contributed by atoms with van der Waals surface area (Å²) in [6, 6.07) is 5.92. The van der Waals surface area contributed by atoms with Gasteiger partial charge in [-0.15, -0.1) is 0 Å². The molecule has 23 heavy (non-hydrogen) atoms. The molecule has 1 amide bonds. The van der Waals surface area contributed by atoms with Crippen molar-refractivity contribution in [2.45, 2.75) is 19.3 Å². The van der Waals surface area contributed by atoms with Gasteiger partial charge in [0.25, 0.3) is 0 Å². The number of carbonyl (C=O) groups is 1. The number of hydrogen-bond acceptors (Lipinski definition) is 4. The highest BCUT2D eigenvalue weighted by Gasteiger charge is 2.21. The third kappa shape index (κ3) is 4.45. The third-order valence-electron chi connectivity index (χ3n) is 4.10. The van der Waals surface area contributed by atoms with Crippen molar-refractivity contribution in [3.63, 3.8) is 0 Å². The number of hydrogen-bond donors (Lipinski definition) is 0. The molecule has 0 radical (unpaired) electrons. The Labute approximate surface area is 145 Å². The zero-order valence-corrected chi connectivity index (χ0v) is 14.5. The standard InChI is InChI=1S/C17H20ClN3OS/c18-15-4-5-16(19-12-15)20-7-9-21(10-8-20)17(22)3-1-2-14-6-11-23-13-14/h4-6,11-13H,1-3,7-10H2. The second-order valence-corrected chi connectivity index (χ2v) is 6.90. The largest absolute Gasteiger partial charge is 0.353 e. The molecule has 0 bridgehead atoms. The fourth-order valence-electron chi connectivity index (χ4n) is 2.78. The van der Waals surface area contributed by atoms with Gasteiger partial charge in [0.1, 0.15) is 5.82 Å². The number of aromatic nitrogens is 1. The van der Waals surface area contributed by atoms with Crippen molar-refractivity contribution in [1.29, 1.82) is 0 Å². The molecular weight excluding hydrogens is 330 g/mol. The van der Waals surface area contributed by atoms with E-state index in [2.05, 4.69) is 26.7 Å². The van der Waals surface area contributed by atoms with Crippen molar-refractivity contribution in [3.05, 3.63) is 45.7 Å². The fraction of sp³-hybridized carbons (Fsp3) is 0.412. The van der Waals surface area contributed by atoms with Crippen LogP contribution in [0.2, 0.25) is 5.02 Å². The molecule has 1 aliphatic heterocycles. The van der Waals surface area contributed by atoms with Gasteiger partial charge in [0, 0.05) is 38.8 Å². The maximum Gasteiger partial charge on any atom is 0.222 e. The van der Waals surface area contributed by atoms with Crippen LogP contribution in [-0.4, -0.2) is 42.0 Å². The Morgan fingerprint density at radius 1 is 1.22 bits per heavy atom. The van der Waals surface area contributed by atoms with Gasteiger partial charge in [0.15, 0.2) is 0 Å². The summed E-state index contributed by atoms with van der Waals surface area (Å²) < 4.78 is 0. The lowest BCUT2D eigenvalue weighted by Crippen LogP contribution is -2.49. The van der Waals surface area contributed by atoms with Gasteiger partial charge >= 0.3 is 0 Å². The quantitative estimate of drug-likeness (QED) is 0.829. The molecule has 0 aliphatic carbocycles. The van der Waals surface area contributed by atoms with Crippen LogP contribution in [0.1, 0.15) is 18.4 Å². The Kier molecular flexibility index (Phi) is 5.51. The van der Waals surface area contributed by atoms with Gasteiger partial charge < -0.3 is 9.80 Å². The van der Waals surface area contributed by atoms with Gasteiger partial charge in [-0.2, -0.15) is 11.3 Å². The van der Waals surface area contributed by atoms with Gasteiger partial charge in [-0.25, -0.2) is 4.98 Å². The number of aryl methyl sites for hydroxylation is 1. The van der Waals surface area contributed by atoms with E-state index in [1.54, 1.807) is 17.5 Å². The van der Waals surface area contributed by atoms with Crippen LogP contribution in [0, 0.1) is 0 Å². The molecule has 1 fully saturated rings. The molecule has 3 rings (SSSR count). The van der Waals surface area contributed by atoms with E-state index in [1.165, 1.54) is 5.56 Å². The van der Waals surface area contributed by atoms with E-state index in [9.17, 15) is 4.79 Å². The summed E-state index contributed by atoms with van der Waals surface area (Å²) in [5, 5.41) is 4.89. The van der Waals surface area contributed by atoms with Crippen LogP contribution in [0.15, 0.2) is 35.2 Å². The molecule has 0 N–H and O–H groups in total. The molecule has 0 spiro atoms. The molecule has 0 aromatic carbocycles. The Balaban J connectivity index is 1.43. The van der Waals surface area contributed by atoms with Crippen LogP contribution in [0.5, 0.6) is 0 Å². The second-order valence-electron chi connectivity index (χ2n) is 5.69. The maximum absolute atomic E-state index is 12.3. The van der Waals surface area contributed by atoms with Crippen molar-refractivity contribution in [2.75, 3.05) is 31.1 Å². The Morgan fingerprint density at radius 3 is 2.70 bits per heavy atom. The smallest absolute Gasteiger partial charge is 0.222 e. The van der Waals surface area contributed by atoms with Gasteiger partial charge in [0.2, 0.25) is 5.91 Å². The summed E-state index contributed by atoms with van der Waals surface area (Å²) in [6.07, 6.45) is 4.21. The van der Waals surface area contributed by atoms with E-state index in [0.717, 1.165) is 44.8 Å². The maximum atomic E-state index is 12.3. The number of piperazine rings is 1. The van der Waals surface area contributed by atoms with Crippen LogP contribution in [0.4, 0.5) is 5.82 Å². The highest BCUT2D eigenvalue weighted by atomic mass is 35.5. The summed E-state index contributed by atoms with van der Waals surface area (Å²) in [7, 11) is 0. The lowest BCUT2D eigenvalue weighted by atomic mass is 10.1. The number of halogens is 1. The minimum Gasteiger partial charge on any atom is -0.353 e. The number of amides is 1. The number of nitrogens with zero attached hydrogens (tertiary/aromatic N) is 3. The van der Waals surface area contributed by atoms with E-state index >= 15 is 0 Å². The molecule has 0 unspecified atom stereocenters. The highest BCUT2D eigenvalue weighted by molar-refractivity contribution is 7.07. The third-order valence-corrected chi connectivity index (χ3v) is 5.06. The van der Waals surface area contributed by atoms with Crippen molar-refractivity contribution in [1.82, 2.24) is 9.88 Å². The first-order valence-corrected chi connectivity index (χ1v) is 9.20. The minimum atomic E-state index is 0.268. The minimum absolute atomic E-state index is 0.268. The van der Waals surface area contributed by atoms with E-state index in [0.29, 0.717) is 11.4 Å². The SMILES string of the molecule is O=C(CCCc1ccsc1)N1CCN(c2ccc(Cl)cn2)CC1. The zero-order valence-electron chi connectivity index (χ0n) is 12.9. The molecule has 0 atom stereocenters. The first kappa shape index (κ1) is 16.3. The average Bonchev–Trinajstić information content (AvgIpc) is 3.09. The molecular formula is C17H20ClN3OS. The molecule has 4 nitrogen and oxygen atoms in total. The number of rotatable bonds is 5. The predicted molar refractivity (Wildman–Crippen MR) is 95.3 cm³/mol. The van der Waals surface area contributed by atoms with E-state index in [-0.39, 0.29) is 5.91 Å². The summed E-state index contributed by atoms with van der Waals surface area (Å²) >= 11 is 7.58. The lowest BCUT2D eigenvalue weighted by Gasteiger charge is -2.35. The number of carbonyl (C=O) groups excluding carboxylic acids is 1. The van der Waals surface area contributed by atoms with Crippen LogP contribution in [0.3, 0.4) is 0 Å². The fourth-order valence-corrected chi connectivity index (χ4v) is 3.59. The van der Waals surface area contributed by atoms with E-state index in [1.807, 2.05) is 17.0 Å². The molecule has 1 aliphatic rings. The average molecular weight is 350 g/mol. The van der Waals surface area contributed by atoms with Crippen LogP contribution < -0.4 is 4.90 Å². The lowest BCUT2D eigenvalue weighted by molar-refractivity contribution is -0.131. The zero-order chi connectivity index (χ0) is 16.1. The first-order chi connectivity index (χ1) is 11.2. The Hall–Kier alpha value is -1.59. The van der Waals surface area contributed by atoms with E-state index in [4.69, 9.17) is 11.6 Å². The second kappa shape index (κ2) is 7.79. The molecule has 122 valence electrons. The monoisotopic (exact) mass is 349 g/mol. The van der Waals surface area contributed by atoms with Crippen molar-refractivity contribution >= 4 is 34.7 Å². The van der Waals surface area contributed by atoms with Crippen molar-refractivity contribution in [2.24, 2.45) is 0 Å². The van der Waals surface area contributed by atoms with E-state index < -0.39 is 0 Å². The van der Waals surface area contributed by atoms with Crippen LogP contribution in [0.25, 0.3) is 0 Å².